The van der Waals surface area contributed by atoms with Gasteiger partial charge in [-0.05, 0) is 57.2 Å². The van der Waals surface area contributed by atoms with Crippen molar-refractivity contribution in [3.8, 4) is 5.75 Å². The Morgan fingerprint density at radius 2 is 1.89 bits per heavy atom. The monoisotopic (exact) mass is 258 g/mol. The third-order valence-corrected chi connectivity index (χ3v) is 4.85. The van der Waals surface area contributed by atoms with Gasteiger partial charge in [-0.1, -0.05) is 23.8 Å². The van der Waals surface area contributed by atoms with Crippen molar-refractivity contribution < 1.29 is 9.84 Å². The molecule has 1 aliphatic heterocycles. The fraction of sp³-hybridized carbons (Fsp3) is 0.529. The normalized spacial score (nSPS) is 32.8. The summed E-state index contributed by atoms with van der Waals surface area (Å²) in [6.07, 6.45) is 4.85. The summed E-state index contributed by atoms with van der Waals surface area (Å²) in [4.78, 5) is 0. The van der Waals surface area contributed by atoms with Crippen molar-refractivity contribution in [2.24, 2.45) is 11.8 Å². The number of hydrogen-bond acceptors (Lipinski definition) is 2. The van der Waals surface area contributed by atoms with Crippen LogP contribution in [-0.2, 0) is 4.74 Å². The van der Waals surface area contributed by atoms with Gasteiger partial charge in [-0.25, -0.2) is 0 Å². The van der Waals surface area contributed by atoms with E-state index in [4.69, 9.17) is 4.74 Å². The molecule has 3 atom stereocenters. The molecule has 1 N–H and O–H groups in total. The van der Waals surface area contributed by atoms with Crippen LogP contribution in [0.2, 0.25) is 0 Å². The van der Waals surface area contributed by atoms with Crippen molar-refractivity contribution in [1.29, 1.82) is 0 Å². The third-order valence-electron chi connectivity index (χ3n) is 4.85. The number of fused-ring (bicyclic) bond motifs is 2. The van der Waals surface area contributed by atoms with E-state index in [1.165, 1.54) is 17.6 Å². The first-order chi connectivity index (χ1) is 8.97. The van der Waals surface area contributed by atoms with E-state index in [2.05, 4.69) is 26.8 Å². The lowest BCUT2D eigenvalue weighted by Crippen LogP contribution is -2.45. The molecule has 0 spiro atoms. The Bertz CT molecular complexity index is 498. The van der Waals surface area contributed by atoms with E-state index in [1.54, 1.807) is 12.1 Å². The Labute approximate surface area is 115 Å². The van der Waals surface area contributed by atoms with Crippen molar-refractivity contribution in [2.75, 3.05) is 0 Å². The van der Waals surface area contributed by atoms with E-state index in [-0.39, 0.29) is 11.7 Å². The second kappa shape index (κ2) is 4.38. The van der Waals surface area contributed by atoms with Crippen molar-refractivity contribution in [1.82, 2.24) is 0 Å². The third kappa shape index (κ3) is 2.18. The highest BCUT2D eigenvalue weighted by Gasteiger charge is 2.45. The average molecular weight is 258 g/mol. The number of phenolic OH excluding ortho intramolecular Hbond substituents is 1. The highest BCUT2D eigenvalue weighted by molar-refractivity contribution is 5.30. The minimum Gasteiger partial charge on any atom is -0.508 e. The zero-order chi connectivity index (χ0) is 13.6. The lowest BCUT2D eigenvalue weighted by Gasteiger charge is -2.49. The van der Waals surface area contributed by atoms with Gasteiger partial charge in [-0.2, -0.15) is 0 Å². The van der Waals surface area contributed by atoms with Gasteiger partial charge in [0.15, 0.2) is 0 Å². The molecular formula is C17H22O2. The van der Waals surface area contributed by atoms with Gasteiger partial charge >= 0.3 is 0 Å². The maximum atomic E-state index is 9.43. The van der Waals surface area contributed by atoms with Crippen LogP contribution in [0.4, 0.5) is 0 Å². The van der Waals surface area contributed by atoms with E-state index in [1.807, 2.05) is 12.1 Å². The summed E-state index contributed by atoms with van der Waals surface area (Å²) in [5.41, 5.74) is 2.55. The predicted octanol–water partition coefficient (Wildman–Crippen LogP) is 4.21. The molecule has 1 aromatic carbocycles. The Hall–Kier alpha value is -1.28. The number of ether oxygens (including phenoxy) is 1. The summed E-state index contributed by atoms with van der Waals surface area (Å²) >= 11 is 0. The van der Waals surface area contributed by atoms with Crippen LogP contribution in [0, 0.1) is 11.8 Å². The molecule has 1 fully saturated rings. The summed E-state index contributed by atoms with van der Waals surface area (Å²) < 4.78 is 6.41. The van der Waals surface area contributed by atoms with E-state index in [9.17, 15) is 5.11 Å². The minimum atomic E-state index is -0.0732. The van der Waals surface area contributed by atoms with Gasteiger partial charge in [0.25, 0.3) is 0 Å². The molecule has 3 rings (SSSR count). The van der Waals surface area contributed by atoms with Crippen LogP contribution >= 0.6 is 0 Å². The molecule has 102 valence electrons. The Kier molecular flexibility index (Phi) is 2.94. The molecule has 2 bridgehead atoms. The van der Waals surface area contributed by atoms with Crippen LogP contribution < -0.4 is 0 Å². The van der Waals surface area contributed by atoms with E-state index in [0.717, 1.165) is 6.42 Å². The van der Waals surface area contributed by atoms with Crippen LogP contribution in [0.15, 0.2) is 35.9 Å². The summed E-state index contributed by atoms with van der Waals surface area (Å²) in [6.45, 7) is 6.63. The average Bonchev–Trinajstić information content (AvgIpc) is 2.37. The van der Waals surface area contributed by atoms with Crippen molar-refractivity contribution in [3.63, 3.8) is 0 Å². The summed E-state index contributed by atoms with van der Waals surface area (Å²) in [7, 11) is 0. The van der Waals surface area contributed by atoms with Gasteiger partial charge in [0, 0.05) is 5.92 Å². The Morgan fingerprint density at radius 3 is 2.58 bits per heavy atom. The smallest absolute Gasteiger partial charge is 0.115 e. The molecule has 1 aliphatic carbocycles. The maximum Gasteiger partial charge on any atom is 0.115 e. The molecule has 2 heteroatoms. The fourth-order valence-corrected chi connectivity index (χ4v) is 3.47. The van der Waals surface area contributed by atoms with Crippen molar-refractivity contribution in [3.05, 3.63) is 41.5 Å². The zero-order valence-electron chi connectivity index (χ0n) is 11.9. The van der Waals surface area contributed by atoms with Gasteiger partial charge < -0.3 is 9.84 Å². The van der Waals surface area contributed by atoms with Crippen LogP contribution in [0.25, 0.3) is 0 Å². The van der Waals surface area contributed by atoms with Crippen molar-refractivity contribution in [2.45, 2.75) is 45.3 Å². The fourth-order valence-electron chi connectivity index (χ4n) is 3.47. The molecule has 19 heavy (non-hydrogen) atoms. The highest BCUT2D eigenvalue weighted by atomic mass is 16.5. The molecule has 0 unspecified atom stereocenters. The zero-order valence-corrected chi connectivity index (χ0v) is 11.9. The topological polar surface area (TPSA) is 29.5 Å². The molecular weight excluding hydrogens is 236 g/mol. The van der Waals surface area contributed by atoms with Crippen LogP contribution in [0.3, 0.4) is 0 Å². The molecule has 1 aromatic rings. The molecule has 0 saturated carbocycles. The molecule has 1 saturated heterocycles. The highest BCUT2D eigenvalue weighted by Crippen LogP contribution is 2.50. The molecule has 2 nitrogen and oxygen atoms in total. The number of benzene rings is 1. The number of allylic oxidation sites excluding steroid dienone is 1. The van der Waals surface area contributed by atoms with Crippen LogP contribution in [0.1, 0.15) is 45.3 Å². The molecule has 1 heterocycles. The second-order valence-corrected chi connectivity index (χ2v) is 6.46. The number of hydrogen-bond donors (Lipinski definition) is 1. The van der Waals surface area contributed by atoms with Gasteiger partial charge in [-0.3, -0.25) is 0 Å². The summed E-state index contributed by atoms with van der Waals surface area (Å²) in [6, 6.07) is 7.47. The SMILES string of the molecule is CC1=CC[C@H]2C[C@H]1[C@H](c1ccc(O)cc1)OC2(C)C. The predicted molar refractivity (Wildman–Crippen MR) is 76.0 cm³/mol. The van der Waals surface area contributed by atoms with Crippen LogP contribution in [0.5, 0.6) is 5.75 Å². The lowest BCUT2D eigenvalue weighted by atomic mass is 9.69. The molecule has 2 aliphatic rings. The number of rotatable bonds is 1. The number of phenols is 1. The van der Waals surface area contributed by atoms with E-state index in [0.29, 0.717) is 17.6 Å². The van der Waals surface area contributed by atoms with E-state index >= 15 is 0 Å². The maximum absolute atomic E-state index is 9.43. The van der Waals surface area contributed by atoms with Gasteiger partial charge in [0.2, 0.25) is 0 Å². The molecule has 0 radical (unpaired) electrons. The van der Waals surface area contributed by atoms with Crippen molar-refractivity contribution >= 4 is 0 Å². The lowest BCUT2D eigenvalue weighted by molar-refractivity contribution is -0.166. The van der Waals surface area contributed by atoms with Crippen LogP contribution in [-0.4, -0.2) is 10.7 Å². The molecule has 0 aromatic heterocycles. The minimum absolute atomic E-state index is 0.0732. The number of aromatic hydroxyl groups is 1. The summed E-state index contributed by atoms with van der Waals surface area (Å²) in [5, 5.41) is 9.43. The largest absolute Gasteiger partial charge is 0.508 e. The second-order valence-electron chi connectivity index (χ2n) is 6.46. The Balaban J connectivity index is 1.97. The Morgan fingerprint density at radius 1 is 1.21 bits per heavy atom. The van der Waals surface area contributed by atoms with Gasteiger partial charge in [0.1, 0.15) is 5.75 Å². The quantitative estimate of drug-likeness (QED) is 0.764. The first-order valence-corrected chi connectivity index (χ1v) is 7.11. The van der Waals surface area contributed by atoms with Gasteiger partial charge in [0.05, 0.1) is 11.7 Å². The van der Waals surface area contributed by atoms with E-state index < -0.39 is 0 Å². The van der Waals surface area contributed by atoms with Gasteiger partial charge in [-0.15, -0.1) is 0 Å². The standard InChI is InChI=1S/C17H22O2/c1-11-4-7-13-10-15(11)16(19-17(13,2)3)12-5-8-14(18)9-6-12/h4-6,8-9,13,15-16,18H,7,10H2,1-3H3/t13-,15+,16-/m0/s1. The molecule has 0 amide bonds. The summed E-state index contributed by atoms with van der Waals surface area (Å²) in [5.74, 6) is 1.42. The first kappa shape index (κ1) is 12.7. The first-order valence-electron chi connectivity index (χ1n) is 7.11.